The van der Waals surface area contributed by atoms with Crippen molar-refractivity contribution in [1.29, 1.82) is 0 Å². The lowest BCUT2D eigenvalue weighted by Gasteiger charge is -2.11. The monoisotopic (exact) mass is 471 g/mol. The Labute approximate surface area is 206 Å². The molecule has 0 saturated heterocycles. The highest BCUT2D eigenvalue weighted by atomic mass is 32.1. The SMILES string of the molecule is Cc1ccc2nc(-c3ccc(NC(=O)c4cc(-c5ccccc5)nc5ccccc45)cc3)sc2c1. The summed E-state index contributed by atoms with van der Waals surface area (Å²) < 4.78 is 1.18. The minimum atomic E-state index is -0.163. The van der Waals surface area contributed by atoms with Crippen LogP contribution in [0.15, 0.2) is 103 Å². The first-order valence-electron chi connectivity index (χ1n) is 11.4. The van der Waals surface area contributed by atoms with E-state index in [0.29, 0.717) is 5.56 Å². The molecule has 1 N–H and O–H groups in total. The first kappa shape index (κ1) is 21.2. The van der Waals surface area contributed by atoms with E-state index < -0.39 is 0 Å². The predicted octanol–water partition coefficient (Wildman–Crippen LogP) is 7.74. The number of fused-ring (bicyclic) bond motifs is 2. The Kier molecular flexibility index (Phi) is 5.32. The van der Waals surface area contributed by atoms with Gasteiger partial charge in [0, 0.05) is 22.2 Å². The summed E-state index contributed by atoms with van der Waals surface area (Å²) in [4.78, 5) is 22.9. The van der Waals surface area contributed by atoms with Gasteiger partial charge in [0.25, 0.3) is 5.91 Å². The number of hydrogen-bond donors (Lipinski definition) is 1. The Morgan fingerprint density at radius 3 is 2.34 bits per heavy atom. The summed E-state index contributed by atoms with van der Waals surface area (Å²) in [7, 11) is 0. The van der Waals surface area contributed by atoms with Gasteiger partial charge in [-0.15, -0.1) is 11.3 Å². The van der Waals surface area contributed by atoms with Crippen molar-refractivity contribution in [3.05, 3.63) is 114 Å². The first-order chi connectivity index (χ1) is 17.1. The molecule has 0 aliphatic heterocycles. The molecule has 0 aliphatic rings. The van der Waals surface area contributed by atoms with Gasteiger partial charge in [0.1, 0.15) is 5.01 Å². The highest BCUT2D eigenvalue weighted by molar-refractivity contribution is 7.21. The van der Waals surface area contributed by atoms with Gasteiger partial charge in [0.15, 0.2) is 0 Å². The average molecular weight is 472 g/mol. The molecule has 0 atom stereocenters. The predicted molar refractivity (Wildman–Crippen MR) is 145 cm³/mol. The molecule has 2 heterocycles. The molecule has 6 rings (SSSR count). The van der Waals surface area contributed by atoms with Crippen molar-refractivity contribution in [3.63, 3.8) is 0 Å². The van der Waals surface area contributed by atoms with Crippen LogP contribution in [-0.4, -0.2) is 15.9 Å². The van der Waals surface area contributed by atoms with E-state index in [2.05, 4.69) is 30.4 Å². The van der Waals surface area contributed by atoms with E-state index >= 15 is 0 Å². The van der Waals surface area contributed by atoms with Crippen LogP contribution in [0.4, 0.5) is 5.69 Å². The molecule has 4 nitrogen and oxygen atoms in total. The number of amides is 1. The molecule has 4 aromatic carbocycles. The van der Waals surface area contributed by atoms with Crippen molar-refractivity contribution in [3.8, 4) is 21.8 Å². The number of aromatic nitrogens is 2. The van der Waals surface area contributed by atoms with Gasteiger partial charge in [-0.05, 0) is 61.0 Å². The second-order valence-corrected chi connectivity index (χ2v) is 9.49. The molecule has 0 fully saturated rings. The maximum Gasteiger partial charge on any atom is 0.256 e. The Morgan fingerprint density at radius 1 is 0.743 bits per heavy atom. The quantitative estimate of drug-likeness (QED) is 0.286. The molecule has 0 radical (unpaired) electrons. The lowest BCUT2D eigenvalue weighted by molar-refractivity contribution is 0.102. The summed E-state index contributed by atoms with van der Waals surface area (Å²) in [5.41, 5.74) is 7.14. The van der Waals surface area contributed by atoms with Crippen molar-refractivity contribution in [1.82, 2.24) is 9.97 Å². The second kappa shape index (κ2) is 8.78. The van der Waals surface area contributed by atoms with E-state index in [1.54, 1.807) is 11.3 Å². The average Bonchev–Trinajstić information content (AvgIpc) is 3.32. The zero-order valence-corrected chi connectivity index (χ0v) is 19.8. The highest BCUT2D eigenvalue weighted by Crippen LogP contribution is 2.32. The number of para-hydroxylation sites is 1. The third-order valence-electron chi connectivity index (χ3n) is 5.96. The number of aryl methyl sites for hydroxylation is 1. The van der Waals surface area contributed by atoms with E-state index in [-0.39, 0.29) is 5.91 Å². The fraction of sp³-hybridized carbons (Fsp3) is 0.0333. The number of nitrogens with one attached hydrogen (secondary N) is 1. The molecule has 0 bridgehead atoms. The summed E-state index contributed by atoms with van der Waals surface area (Å²) in [5, 5.41) is 4.85. The van der Waals surface area contributed by atoms with Crippen LogP contribution in [0.5, 0.6) is 0 Å². The van der Waals surface area contributed by atoms with Crippen LogP contribution in [0.1, 0.15) is 15.9 Å². The van der Waals surface area contributed by atoms with Crippen LogP contribution >= 0.6 is 11.3 Å². The summed E-state index contributed by atoms with van der Waals surface area (Å²) in [6.07, 6.45) is 0. The zero-order valence-electron chi connectivity index (χ0n) is 19.0. The molecule has 168 valence electrons. The Hall–Kier alpha value is -4.35. The molecule has 0 spiro atoms. The maximum atomic E-state index is 13.4. The minimum Gasteiger partial charge on any atom is -0.322 e. The van der Waals surface area contributed by atoms with E-state index in [9.17, 15) is 4.79 Å². The zero-order chi connectivity index (χ0) is 23.8. The van der Waals surface area contributed by atoms with Gasteiger partial charge >= 0.3 is 0 Å². The number of benzene rings is 4. The Morgan fingerprint density at radius 2 is 1.51 bits per heavy atom. The van der Waals surface area contributed by atoms with Crippen LogP contribution < -0.4 is 5.32 Å². The van der Waals surface area contributed by atoms with Gasteiger partial charge in [-0.2, -0.15) is 0 Å². The number of anilines is 1. The lowest BCUT2D eigenvalue weighted by atomic mass is 10.0. The molecule has 35 heavy (non-hydrogen) atoms. The number of hydrogen-bond acceptors (Lipinski definition) is 4. The number of carbonyl (C=O) groups is 1. The van der Waals surface area contributed by atoms with Crippen LogP contribution in [-0.2, 0) is 0 Å². The molecule has 5 heteroatoms. The number of nitrogens with zero attached hydrogens (tertiary/aromatic N) is 2. The highest BCUT2D eigenvalue weighted by Gasteiger charge is 2.15. The van der Waals surface area contributed by atoms with Crippen LogP contribution in [0.3, 0.4) is 0 Å². The molecule has 0 saturated carbocycles. The molecule has 6 aromatic rings. The van der Waals surface area contributed by atoms with Crippen molar-refractivity contribution in [2.24, 2.45) is 0 Å². The summed E-state index contributed by atoms with van der Waals surface area (Å²) in [6.45, 7) is 2.09. The van der Waals surface area contributed by atoms with E-state index in [1.165, 1.54) is 10.3 Å². The normalized spacial score (nSPS) is 11.1. The van der Waals surface area contributed by atoms with Crippen LogP contribution in [0.2, 0.25) is 0 Å². The fourth-order valence-electron chi connectivity index (χ4n) is 4.17. The molecular formula is C30H21N3OS. The minimum absolute atomic E-state index is 0.163. The van der Waals surface area contributed by atoms with Gasteiger partial charge in [-0.3, -0.25) is 4.79 Å². The third-order valence-corrected chi connectivity index (χ3v) is 7.03. The molecule has 0 unspecified atom stereocenters. The molecule has 1 amide bonds. The number of thiazole rings is 1. The topological polar surface area (TPSA) is 54.9 Å². The largest absolute Gasteiger partial charge is 0.322 e. The van der Waals surface area contributed by atoms with Gasteiger partial charge < -0.3 is 5.32 Å². The maximum absolute atomic E-state index is 13.4. The van der Waals surface area contributed by atoms with E-state index in [4.69, 9.17) is 9.97 Å². The van der Waals surface area contributed by atoms with Crippen LogP contribution in [0.25, 0.3) is 42.9 Å². The summed E-state index contributed by atoms with van der Waals surface area (Å²) in [5.74, 6) is -0.163. The van der Waals surface area contributed by atoms with E-state index in [1.807, 2.05) is 84.9 Å². The fourth-order valence-corrected chi connectivity index (χ4v) is 5.24. The van der Waals surface area contributed by atoms with Crippen molar-refractivity contribution >= 4 is 44.1 Å². The van der Waals surface area contributed by atoms with Crippen molar-refractivity contribution in [2.75, 3.05) is 5.32 Å². The summed E-state index contributed by atoms with van der Waals surface area (Å²) in [6, 6.07) is 33.7. The standard InChI is InChI=1S/C30H21N3OS/c1-19-11-16-26-28(17-19)35-30(33-26)21-12-14-22(15-13-21)31-29(34)24-18-27(20-7-3-2-4-8-20)32-25-10-6-5-9-23(24)25/h2-18H,1H3,(H,31,34). The van der Waals surface area contributed by atoms with Crippen molar-refractivity contribution < 1.29 is 4.79 Å². The van der Waals surface area contributed by atoms with Crippen molar-refractivity contribution in [2.45, 2.75) is 6.92 Å². The second-order valence-electron chi connectivity index (χ2n) is 8.46. The van der Waals surface area contributed by atoms with Gasteiger partial charge in [0.2, 0.25) is 0 Å². The molecule has 2 aromatic heterocycles. The first-order valence-corrected chi connectivity index (χ1v) is 12.2. The number of pyridine rings is 1. The molecular weight excluding hydrogens is 450 g/mol. The summed E-state index contributed by atoms with van der Waals surface area (Å²) >= 11 is 1.68. The Balaban J connectivity index is 1.30. The lowest BCUT2D eigenvalue weighted by Crippen LogP contribution is -2.13. The molecule has 0 aliphatic carbocycles. The van der Waals surface area contributed by atoms with Gasteiger partial charge in [0.05, 0.1) is 27.0 Å². The third kappa shape index (κ3) is 4.18. The number of rotatable bonds is 4. The van der Waals surface area contributed by atoms with Gasteiger partial charge in [-0.1, -0.05) is 54.6 Å². The van der Waals surface area contributed by atoms with Crippen LogP contribution in [0, 0.1) is 6.92 Å². The Bertz CT molecular complexity index is 1690. The number of carbonyl (C=O) groups excluding carboxylic acids is 1. The smallest absolute Gasteiger partial charge is 0.256 e. The van der Waals surface area contributed by atoms with Gasteiger partial charge in [-0.25, -0.2) is 9.97 Å². The van der Waals surface area contributed by atoms with E-state index in [0.717, 1.165) is 43.9 Å².